The Hall–Kier alpha value is -1.88. The molecule has 3 heterocycles. The molecule has 0 saturated carbocycles. The molecule has 4 nitrogen and oxygen atoms in total. The summed E-state index contributed by atoms with van der Waals surface area (Å²) in [4.78, 5) is 11.6. The third kappa shape index (κ3) is 1.68. The average Bonchev–Trinajstić information content (AvgIpc) is 2.93. The number of fused-ring (bicyclic) bond motifs is 1. The van der Waals surface area contributed by atoms with Crippen LogP contribution in [0.2, 0.25) is 0 Å². The van der Waals surface area contributed by atoms with Crippen LogP contribution < -0.4 is 5.43 Å². The standard InChI is InChI=1S/C12H10N2O2S/c1-8-9(7-16-13-8)6-14-4-2-11(15)12-10(14)3-5-17-12/h2-5,7H,6H2,1H3. The minimum atomic E-state index is 0.0771. The second-order valence-corrected chi connectivity index (χ2v) is 4.78. The number of aryl methyl sites for hydroxylation is 1. The minimum absolute atomic E-state index is 0.0771. The van der Waals surface area contributed by atoms with Gasteiger partial charge in [-0.25, -0.2) is 0 Å². The first kappa shape index (κ1) is 10.3. The molecule has 3 aromatic rings. The van der Waals surface area contributed by atoms with Gasteiger partial charge in [0.05, 0.1) is 22.5 Å². The summed E-state index contributed by atoms with van der Waals surface area (Å²) >= 11 is 1.47. The largest absolute Gasteiger partial charge is 0.364 e. The number of hydrogen-bond acceptors (Lipinski definition) is 4. The summed E-state index contributed by atoms with van der Waals surface area (Å²) in [6.07, 6.45) is 3.45. The summed E-state index contributed by atoms with van der Waals surface area (Å²) in [7, 11) is 0. The predicted molar refractivity (Wildman–Crippen MR) is 66.4 cm³/mol. The molecule has 0 aliphatic carbocycles. The topological polar surface area (TPSA) is 48.0 Å². The quantitative estimate of drug-likeness (QED) is 0.697. The van der Waals surface area contributed by atoms with E-state index in [2.05, 4.69) is 5.16 Å². The van der Waals surface area contributed by atoms with Gasteiger partial charge in [-0.2, -0.15) is 0 Å². The van der Waals surface area contributed by atoms with Crippen LogP contribution in [0.4, 0.5) is 0 Å². The van der Waals surface area contributed by atoms with Gasteiger partial charge >= 0.3 is 0 Å². The van der Waals surface area contributed by atoms with Crippen molar-refractivity contribution in [3.05, 3.63) is 51.5 Å². The van der Waals surface area contributed by atoms with E-state index in [0.29, 0.717) is 6.54 Å². The summed E-state index contributed by atoms with van der Waals surface area (Å²) in [5, 5.41) is 5.78. The number of rotatable bonds is 2. The first-order chi connectivity index (χ1) is 8.25. The Morgan fingerprint density at radius 1 is 1.47 bits per heavy atom. The van der Waals surface area contributed by atoms with Crippen molar-refractivity contribution in [2.75, 3.05) is 0 Å². The molecule has 17 heavy (non-hydrogen) atoms. The molecule has 5 heteroatoms. The number of hydrogen-bond donors (Lipinski definition) is 0. The first-order valence-corrected chi connectivity index (χ1v) is 6.10. The minimum Gasteiger partial charge on any atom is -0.364 e. The number of aromatic nitrogens is 2. The van der Waals surface area contributed by atoms with Crippen LogP contribution in [0.1, 0.15) is 11.3 Å². The normalized spacial score (nSPS) is 11.1. The molecular formula is C12H10N2O2S. The molecule has 0 radical (unpaired) electrons. The fourth-order valence-electron chi connectivity index (χ4n) is 1.81. The van der Waals surface area contributed by atoms with E-state index in [1.54, 1.807) is 12.3 Å². The summed E-state index contributed by atoms with van der Waals surface area (Å²) < 4.78 is 7.74. The van der Waals surface area contributed by atoms with Gasteiger partial charge in [-0.3, -0.25) is 4.79 Å². The Kier molecular flexibility index (Phi) is 2.33. The molecule has 3 rings (SSSR count). The molecular weight excluding hydrogens is 236 g/mol. The summed E-state index contributed by atoms with van der Waals surface area (Å²) in [5.74, 6) is 0. The zero-order valence-corrected chi connectivity index (χ0v) is 10.0. The van der Waals surface area contributed by atoms with E-state index in [1.807, 2.05) is 29.1 Å². The van der Waals surface area contributed by atoms with Gasteiger partial charge in [0.15, 0.2) is 5.43 Å². The maximum Gasteiger partial charge on any atom is 0.199 e. The zero-order valence-electron chi connectivity index (χ0n) is 9.21. The molecule has 0 atom stereocenters. The molecule has 0 aromatic carbocycles. The Morgan fingerprint density at radius 2 is 2.35 bits per heavy atom. The molecule has 0 aliphatic heterocycles. The van der Waals surface area contributed by atoms with E-state index in [0.717, 1.165) is 21.5 Å². The van der Waals surface area contributed by atoms with Crippen LogP contribution in [0.5, 0.6) is 0 Å². The van der Waals surface area contributed by atoms with Gasteiger partial charge in [0.1, 0.15) is 6.26 Å². The lowest BCUT2D eigenvalue weighted by atomic mass is 10.2. The molecule has 0 amide bonds. The molecule has 0 spiro atoms. The van der Waals surface area contributed by atoms with Gasteiger partial charge in [-0.15, -0.1) is 11.3 Å². The third-order valence-electron chi connectivity index (χ3n) is 2.77. The molecule has 3 aromatic heterocycles. The highest BCUT2D eigenvalue weighted by atomic mass is 32.1. The molecule has 0 fully saturated rings. The number of nitrogens with zero attached hydrogens (tertiary/aromatic N) is 2. The van der Waals surface area contributed by atoms with Crippen LogP contribution in [-0.4, -0.2) is 9.72 Å². The van der Waals surface area contributed by atoms with E-state index in [-0.39, 0.29) is 5.43 Å². The molecule has 0 N–H and O–H groups in total. The highest BCUT2D eigenvalue weighted by molar-refractivity contribution is 7.17. The molecule has 0 saturated heterocycles. The lowest BCUT2D eigenvalue weighted by molar-refractivity contribution is 0.414. The van der Waals surface area contributed by atoms with Crippen LogP contribution in [0.15, 0.2) is 39.3 Å². The SMILES string of the molecule is Cc1nocc1Cn1ccc(=O)c2sccc21. The Morgan fingerprint density at radius 3 is 3.12 bits per heavy atom. The van der Waals surface area contributed by atoms with Crippen molar-refractivity contribution in [1.29, 1.82) is 0 Å². The van der Waals surface area contributed by atoms with Gasteiger partial charge in [0.2, 0.25) is 0 Å². The van der Waals surface area contributed by atoms with Gasteiger partial charge in [0.25, 0.3) is 0 Å². The summed E-state index contributed by atoms with van der Waals surface area (Å²) in [6.45, 7) is 2.58. The fraction of sp³-hybridized carbons (Fsp3) is 0.167. The Balaban J connectivity index is 2.13. The van der Waals surface area contributed by atoms with Crippen LogP contribution in [-0.2, 0) is 6.54 Å². The van der Waals surface area contributed by atoms with Crippen LogP contribution in [0, 0.1) is 6.92 Å². The zero-order chi connectivity index (χ0) is 11.8. The van der Waals surface area contributed by atoms with E-state index >= 15 is 0 Å². The maximum atomic E-state index is 11.6. The lowest BCUT2D eigenvalue weighted by Crippen LogP contribution is -2.06. The second kappa shape index (κ2) is 3.85. The van der Waals surface area contributed by atoms with Crippen molar-refractivity contribution < 1.29 is 4.52 Å². The summed E-state index contributed by atoms with van der Waals surface area (Å²) in [5.41, 5.74) is 2.95. The monoisotopic (exact) mass is 246 g/mol. The van der Waals surface area contributed by atoms with Crippen molar-refractivity contribution >= 4 is 21.6 Å². The average molecular weight is 246 g/mol. The molecule has 0 unspecified atom stereocenters. The number of pyridine rings is 1. The molecule has 0 bridgehead atoms. The van der Waals surface area contributed by atoms with Crippen molar-refractivity contribution in [2.24, 2.45) is 0 Å². The van der Waals surface area contributed by atoms with Crippen LogP contribution >= 0.6 is 11.3 Å². The Bertz CT molecular complexity index is 723. The molecule has 86 valence electrons. The summed E-state index contributed by atoms with van der Waals surface area (Å²) in [6, 6.07) is 3.56. The van der Waals surface area contributed by atoms with E-state index in [1.165, 1.54) is 11.3 Å². The lowest BCUT2D eigenvalue weighted by Gasteiger charge is -2.06. The second-order valence-electron chi connectivity index (χ2n) is 3.87. The van der Waals surface area contributed by atoms with Crippen molar-refractivity contribution in [2.45, 2.75) is 13.5 Å². The van der Waals surface area contributed by atoms with Gasteiger partial charge < -0.3 is 9.09 Å². The van der Waals surface area contributed by atoms with Crippen LogP contribution in [0.3, 0.4) is 0 Å². The Labute approximate surface area is 101 Å². The highest BCUT2D eigenvalue weighted by Crippen LogP contribution is 2.18. The first-order valence-electron chi connectivity index (χ1n) is 5.22. The van der Waals surface area contributed by atoms with Crippen LogP contribution in [0.25, 0.3) is 10.2 Å². The van der Waals surface area contributed by atoms with Crippen molar-refractivity contribution in [3.8, 4) is 0 Å². The van der Waals surface area contributed by atoms with E-state index < -0.39 is 0 Å². The van der Waals surface area contributed by atoms with E-state index in [4.69, 9.17) is 4.52 Å². The van der Waals surface area contributed by atoms with Gasteiger partial charge in [0, 0.05) is 17.8 Å². The maximum absolute atomic E-state index is 11.6. The fourth-order valence-corrected chi connectivity index (χ4v) is 2.64. The van der Waals surface area contributed by atoms with E-state index in [9.17, 15) is 4.79 Å². The van der Waals surface area contributed by atoms with Crippen molar-refractivity contribution in [3.63, 3.8) is 0 Å². The predicted octanol–water partition coefficient (Wildman–Crippen LogP) is 2.41. The van der Waals surface area contributed by atoms with Crippen molar-refractivity contribution in [1.82, 2.24) is 9.72 Å². The molecule has 0 aliphatic rings. The smallest absolute Gasteiger partial charge is 0.199 e. The highest BCUT2D eigenvalue weighted by Gasteiger charge is 2.07. The third-order valence-corrected chi connectivity index (χ3v) is 3.69. The van der Waals surface area contributed by atoms with Gasteiger partial charge in [-0.05, 0) is 18.4 Å². The number of thiophene rings is 1. The van der Waals surface area contributed by atoms with Gasteiger partial charge in [-0.1, -0.05) is 5.16 Å².